The first kappa shape index (κ1) is 21.3. The summed E-state index contributed by atoms with van der Waals surface area (Å²) in [5.74, 6) is -2.92. The SMILES string of the molecule is CC(=O)OCC1=C(C(=O)O)N2C(=O)[C@H](NC(=O)[C@H](C)n3cc([N+](=O)[O-])cn3)[C@H]2SC1. The van der Waals surface area contributed by atoms with Gasteiger partial charge in [0.2, 0.25) is 5.91 Å². The molecule has 0 bridgehead atoms. The summed E-state index contributed by atoms with van der Waals surface area (Å²) >= 11 is 1.23. The van der Waals surface area contributed by atoms with Crippen LogP contribution in [-0.2, 0) is 23.9 Å². The highest BCUT2D eigenvalue weighted by Crippen LogP contribution is 2.40. The average Bonchev–Trinajstić information content (AvgIpc) is 3.19. The minimum absolute atomic E-state index is 0.205. The monoisotopic (exact) mass is 439 g/mol. The van der Waals surface area contributed by atoms with Gasteiger partial charge in [0.1, 0.15) is 42.2 Å². The van der Waals surface area contributed by atoms with Crippen molar-refractivity contribution < 1.29 is 33.9 Å². The molecule has 2 N–H and O–H groups in total. The molecule has 2 amide bonds. The summed E-state index contributed by atoms with van der Waals surface area (Å²) in [5.41, 5.74) is -0.250. The molecule has 3 atom stereocenters. The zero-order valence-corrected chi connectivity index (χ0v) is 16.6. The predicted molar refractivity (Wildman–Crippen MR) is 99.9 cm³/mol. The molecule has 13 nitrogen and oxygen atoms in total. The van der Waals surface area contributed by atoms with E-state index < -0.39 is 46.1 Å². The number of nitro groups is 1. The number of amides is 2. The Kier molecular flexibility index (Phi) is 5.78. The van der Waals surface area contributed by atoms with Gasteiger partial charge in [0, 0.05) is 18.2 Å². The van der Waals surface area contributed by atoms with Gasteiger partial charge in [0.05, 0.1) is 4.92 Å². The second kappa shape index (κ2) is 8.14. The summed E-state index contributed by atoms with van der Waals surface area (Å²) in [6.45, 7) is 2.41. The fourth-order valence-corrected chi connectivity index (χ4v) is 4.34. The van der Waals surface area contributed by atoms with Gasteiger partial charge in [-0.05, 0) is 6.92 Å². The zero-order valence-electron chi connectivity index (χ0n) is 15.8. The number of aliphatic carboxylic acids is 1. The van der Waals surface area contributed by atoms with Crippen molar-refractivity contribution in [2.24, 2.45) is 0 Å². The maximum atomic E-state index is 12.6. The normalized spacial score (nSPS) is 21.4. The molecule has 0 aromatic carbocycles. The number of hydrogen-bond donors (Lipinski definition) is 2. The van der Waals surface area contributed by atoms with Crippen LogP contribution in [0.4, 0.5) is 5.69 Å². The van der Waals surface area contributed by atoms with E-state index in [1.165, 1.54) is 25.6 Å². The molecule has 2 aliphatic rings. The molecule has 3 heterocycles. The number of nitrogens with one attached hydrogen (secondary N) is 1. The van der Waals surface area contributed by atoms with Gasteiger partial charge in [-0.2, -0.15) is 5.10 Å². The average molecular weight is 439 g/mol. The summed E-state index contributed by atoms with van der Waals surface area (Å²) in [4.78, 5) is 58.9. The van der Waals surface area contributed by atoms with Gasteiger partial charge in [-0.3, -0.25) is 34.1 Å². The summed E-state index contributed by atoms with van der Waals surface area (Å²) in [6, 6.07) is -1.89. The van der Waals surface area contributed by atoms with E-state index in [9.17, 15) is 34.4 Å². The molecule has 0 radical (unpaired) electrons. The van der Waals surface area contributed by atoms with E-state index >= 15 is 0 Å². The molecule has 1 aromatic rings. The number of carbonyl (C=O) groups excluding carboxylic acids is 3. The molecular formula is C16H17N5O8S. The number of esters is 1. The number of ether oxygens (including phenoxy) is 1. The van der Waals surface area contributed by atoms with E-state index in [0.717, 1.165) is 22.0 Å². The molecule has 2 aliphatic heterocycles. The van der Waals surface area contributed by atoms with Crippen LogP contribution in [0.3, 0.4) is 0 Å². The third-order valence-electron chi connectivity index (χ3n) is 4.57. The molecule has 3 rings (SSSR count). The lowest BCUT2D eigenvalue weighted by Gasteiger charge is -2.49. The summed E-state index contributed by atoms with van der Waals surface area (Å²) in [7, 11) is 0. The van der Waals surface area contributed by atoms with Crippen LogP contribution in [0.15, 0.2) is 23.7 Å². The van der Waals surface area contributed by atoms with E-state index in [1.807, 2.05) is 0 Å². The highest BCUT2D eigenvalue weighted by molar-refractivity contribution is 8.00. The van der Waals surface area contributed by atoms with Gasteiger partial charge < -0.3 is 15.2 Å². The molecule has 30 heavy (non-hydrogen) atoms. The number of carboxylic acid groups (broad SMARTS) is 1. The molecular weight excluding hydrogens is 422 g/mol. The van der Waals surface area contributed by atoms with Gasteiger partial charge in [0.25, 0.3) is 5.91 Å². The van der Waals surface area contributed by atoms with Crippen LogP contribution in [0.1, 0.15) is 19.9 Å². The molecule has 14 heteroatoms. The summed E-state index contributed by atoms with van der Waals surface area (Å²) < 4.78 is 5.96. The van der Waals surface area contributed by atoms with Crippen molar-refractivity contribution in [3.63, 3.8) is 0 Å². The lowest BCUT2D eigenvalue weighted by Crippen LogP contribution is -2.71. The highest BCUT2D eigenvalue weighted by atomic mass is 32.2. The molecule has 0 unspecified atom stereocenters. The number of hydrogen-bond acceptors (Lipinski definition) is 9. The van der Waals surface area contributed by atoms with Crippen molar-refractivity contribution in [2.45, 2.75) is 31.3 Å². The van der Waals surface area contributed by atoms with Crippen molar-refractivity contribution in [3.05, 3.63) is 33.8 Å². The van der Waals surface area contributed by atoms with Crippen LogP contribution in [0.2, 0.25) is 0 Å². The van der Waals surface area contributed by atoms with Crippen molar-refractivity contribution >= 4 is 41.2 Å². The number of rotatable bonds is 7. The number of thioether (sulfide) groups is 1. The molecule has 1 fully saturated rings. The Hall–Kier alpha value is -3.42. The van der Waals surface area contributed by atoms with Crippen molar-refractivity contribution in [1.82, 2.24) is 20.0 Å². The molecule has 0 saturated carbocycles. The number of β-lactam (4-membered cyclic amide) rings is 1. The summed E-state index contributed by atoms with van der Waals surface area (Å²) in [6.07, 6.45) is 2.10. The third-order valence-corrected chi connectivity index (χ3v) is 5.91. The lowest BCUT2D eigenvalue weighted by molar-refractivity contribution is -0.385. The Bertz CT molecular complexity index is 973. The number of aromatic nitrogens is 2. The number of fused-ring (bicyclic) bond motifs is 1. The van der Waals surface area contributed by atoms with Crippen molar-refractivity contribution in [1.29, 1.82) is 0 Å². The van der Waals surface area contributed by atoms with E-state index in [2.05, 4.69) is 10.4 Å². The Balaban J connectivity index is 1.71. The Morgan fingerprint density at radius 1 is 1.50 bits per heavy atom. The van der Waals surface area contributed by atoms with Gasteiger partial charge in [-0.1, -0.05) is 0 Å². The van der Waals surface area contributed by atoms with Crippen LogP contribution in [0.5, 0.6) is 0 Å². The predicted octanol–water partition coefficient (Wildman–Crippen LogP) is -0.346. The van der Waals surface area contributed by atoms with Crippen LogP contribution in [0, 0.1) is 10.1 Å². The van der Waals surface area contributed by atoms with Gasteiger partial charge in [-0.15, -0.1) is 11.8 Å². The topological polar surface area (TPSA) is 174 Å². The van der Waals surface area contributed by atoms with E-state index in [4.69, 9.17) is 4.74 Å². The van der Waals surface area contributed by atoms with Gasteiger partial charge in [0.15, 0.2) is 0 Å². The zero-order chi connectivity index (χ0) is 22.2. The van der Waals surface area contributed by atoms with E-state index in [0.29, 0.717) is 0 Å². The smallest absolute Gasteiger partial charge is 0.352 e. The molecule has 0 aliphatic carbocycles. The first-order chi connectivity index (χ1) is 14.1. The van der Waals surface area contributed by atoms with E-state index in [-0.39, 0.29) is 29.3 Å². The molecule has 0 spiro atoms. The quantitative estimate of drug-likeness (QED) is 0.247. The Morgan fingerprint density at radius 2 is 2.20 bits per heavy atom. The second-order valence-corrected chi connectivity index (χ2v) is 7.65. The molecule has 160 valence electrons. The fourth-order valence-electron chi connectivity index (χ4n) is 3.01. The minimum Gasteiger partial charge on any atom is -0.477 e. The largest absolute Gasteiger partial charge is 0.477 e. The second-order valence-electron chi connectivity index (χ2n) is 6.55. The third kappa shape index (κ3) is 3.85. The van der Waals surface area contributed by atoms with Crippen LogP contribution >= 0.6 is 11.8 Å². The van der Waals surface area contributed by atoms with Crippen LogP contribution in [-0.4, -0.2) is 72.2 Å². The number of carbonyl (C=O) groups is 4. The maximum absolute atomic E-state index is 12.6. The first-order valence-corrected chi connectivity index (χ1v) is 9.69. The Morgan fingerprint density at radius 3 is 2.77 bits per heavy atom. The Labute approximate surface area is 173 Å². The first-order valence-electron chi connectivity index (χ1n) is 8.64. The minimum atomic E-state index is -1.34. The summed E-state index contributed by atoms with van der Waals surface area (Å²) in [5, 5.41) is 26.0. The number of nitrogens with zero attached hydrogens (tertiary/aromatic N) is 4. The van der Waals surface area contributed by atoms with E-state index in [1.54, 1.807) is 0 Å². The van der Waals surface area contributed by atoms with Crippen LogP contribution in [0.25, 0.3) is 0 Å². The maximum Gasteiger partial charge on any atom is 0.352 e. The highest BCUT2D eigenvalue weighted by Gasteiger charge is 2.54. The molecule has 1 aromatic heterocycles. The van der Waals surface area contributed by atoms with Crippen LogP contribution < -0.4 is 5.32 Å². The standard InChI is InChI=1S/C16H17N5O8S/c1-7(19-4-10(3-17-19)21(27)28)13(23)18-11-14(24)20-12(16(25)26)9(5-29-8(2)22)6-30-15(11)20/h3-4,7,11,15H,5-6H2,1-2H3,(H,18,23)(H,25,26)/t7-,11-,15+/m0/s1. The lowest BCUT2D eigenvalue weighted by atomic mass is 10.0. The van der Waals surface area contributed by atoms with Crippen molar-refractivity contribution in [2.75, 3.05) is 12.4 Å². The number of carboxylic acids is 1. The van der Waals surface area contributed by atoms with Gasteiger partial charge in [-0.25, -0.2) is 4.79 Å². The van der Waals surface area contributed by atoms with Gasteiger partial charge >= 0.3 is 17.6 Å². The van der Waals surface area contributed by atoms with Crippen molar-refractivity contribution in [3.8, 4) is 0 Å². The molecule has 1 saturated heterocycles. The fraction of sp³-hybridized carbons (Fsp3) is 0.438.